The molecule has 0 aromatic heterocycles. The minimum atomic E-state index is -0.850. The van der Waals surface area contributed by atoms with Crippen LogP contribution in [0.5, 0.6) is 0 Å². The van der Waals surface area contributed by atoms with Gasteiger partial charge in [-0.2, -0.15) is 0 Å². The molecule has 2 N–H and O–H groups in total. The second-order valence-electron chi connectivity index (χ2n) is 5.43. The van der Waals surface area contributed by atoms with Crippen LogP contribution in [0.3, 0.4) is 0 Å². The number of hydrogen-bond donors (Lipinski definition) is 2. The van der Waals surface area contributed by atoms with Gasteiger partial charge >= 0.3 is 5.97 Å². The number of carboxylic acids is 1. The second kappa shape index (κ2) is 8.39. The van der Waals surface area contributed by atoms with Gasteiger partial charge in [0.05, 0.1) is 10.6 Å². The van der Waals surface area contributed by atoms with E-state index in [0.717, 1.165) is 10.9 Å². The molecule has 0 heterocycles. The molecular weight excluding hydrogens is 358 g/mol. The second-order valence-corrected chi connectivity index (χ2v) is 6.75. The molecule has 0 saturated carbocycles. The van der Waals surface area contributed by atoms with Gasteiger partial charge in [0.2, 0.25) is 0 Å². The van der Waals surface area contributed by atoms with E-state index in [4.69, 9.17) is 16.7 Å². The molecule has 0 aliphatic rings. The molecule has 0 aliphatic heterocycles. The average molecular weight is 377 g/mol. The zero-order valence-corrected chi connectivity index (χ0v) is 14.4. The lowest BCUT2D eigenvalue weighted by Crippen LogP contribution is -2.31. The first kappa shape index (κ1) is 18.0. The van der Waals surface area contributed by atoms with E-state index in [1.807, 2.05) is 13.8 Å². The van der Waals surface area contributed by atoms with Crippen LogP contribution in [0.4, 0.5) is 0 Å². The first-order chi connectivity index (χ1) is 9.79. The molecule has 0 saturated heterocycles. The molecule has 6 heteroatoms. The quantitative estimate of drug-likeness (QED) is 0.756. The first-order valence-electron chi connectivity index (χ1n) is 6.74. The summed E-state index contributed by atoms with van der Waals surface area (Å²) in [6, 6.07) is 5.03. The third-order valence-electron chi connectivity index (χ3n) is 3.00. The van der Waals surface area contributed by atoms with E-state index in [2.05, 4.69) is 21.2 Å². The molecule has 1 aromatic carbocycles. The summed E-state index contributed by atoms with van der Waals surface area (Å²) in [6.45, 7) is 4.39. The van der Waals surface area contributed by atoms with Gasteiger partial charge in [-0.15, -0.1) is 0 Å². The smallest absolute Gasteiger partial charge is 0.303 e. The summed E-state index contributed by atoms with van der Waals surface area (Å²) < 4.78 is 0.799. The number of carbonyl (C=O) groups is 2. The van der Waals surface area contributed by atoms with E-state index in [1.54, 1.807) is 18.2 Å². The van der Waals surface area contributed by atoms with E-state index >= 15 is 0 Å². The predicted octanol–water partition coefficient (Wildman–Crippen LogP) is 3.97. The van der Waals surface area contributed by atoms with Gasteiger partial charge < -0.3 is 10.4 Å². The number of nitrogens with one attached hydrogen (secondary N) is 1. The Morgan fingerprint density at radius 1 is 1.38 bits per heavy atom. The van der Waals surface area contributed by atoms with Crippen LogP contribution in [0.25, 0.3) is 0 Å². The molecule has 1 atom stereocenters. The summed E-state index contributed by atoms with van der Waals surface area (Å²) in [7, 11) is 0. The minimum absolute atomic E-state index is 0.0481. The number of halogens is 2. The Morgan fingerprint density at radius 2 is 2.05 bits per heavy atom. The molecule has 0 bridgehead atoms. The van der Waals surface area contributed by atoms with Crippen molar-refractivity contribution in [1.29, 1.82) is 0 Å². The highest BCUT2D eigenvalue weighted by molar-refractivity contribution is 9.10. The molecule has 1 aromatic rings. The molecule has 0 radical (unpaired) electrons. The molecule has 1 amide bonds. The Kier molecular flexibility index (Phi) is 7.18. The van der Waals surface area contributed by atoms with Crippen molar-refractivity contribution >= 4 is 39.4 Å². The first-order valence-corrected chi connectivity index (χ1v) is 7.91. The molecule has 1 unspecified atom stereocenters. The number of benzene rings is 1. The SMILES string of the molecule is CC(C)CC(CNC(=O)c1ccc(Br)cc1Cl)CC(=O)O. The molecule has 0 aliphatic carbocycles. The summed E-state index contributed by atoms with van der Waals surface area (Å²) in [5, 5.41) is 12.0. The maximum atomic E-state index is 12.1. The zero-order valence-electron chi connectivity index (χ0n) is 12.0. The largest absolute Gasteiger partial charge is 0.481 e. The summed E-state index contributed by atoms with van der Waals surface area (Å²) in [5.41, 5.74) is 0.387. The number of carboxylic acid groups (broad SMARTS) is 1. The van der Waals surface area contributed by atoms with Crippen LogP contribution >= 0.6 is 27.5 Å². The predicted molar refractivity (Wildman–Crippen MR) is 86.7 cm³/mol. The maximum Gasteiger partial charge on any atom is 0.303 e. The average Bonchev–Trinajstić information content (AvgIpc) is 2.34. The van der Waals surface area contributed by atoms with Crippen molar-refractivity contribution in [3.8, 4) is 0 Å². The lowest BCUT2D eigenvalue weighted by Gasteiger charge is -2.18. The maximum absolute atomic E-state index is 12.1. The Balaban J connectivity index is 2.65. The highest BCUT2D eigenvalue weighted by atomic mass is 79.9. The number of aliphatic carboxylic acids is 1. The van der Waals surface area contributed by atoms with Crippen molar-refractivity contribution in [3.63, 3.8) is 0 Å². The van der Waals surface area contributed by atoms with Gasteiger partial charge in [0, 0.05) is 17.4 Å². The fourth-order valence-electron chi connectivity index (χ4n) is 2.16. The van der Waals surface area contributed by atoms with Crippen molar-refractivity contribution in [2.24, 2.45) is 11.8 Å². The van der Waals surface area contributed by atoms with Crippen molar-refractivity contribution in [2.45, 2.75) is 26.7 Å². The van der Waals surface area contributed by atoms with Crippen molar-refractivity contribution in [1.82, 2.24) is 5.32 Å². The standard InChI is InChI=1S/C15H19BrClNO3/c1-9(2)5-10(6-14(19)20)8-18-15(21)12-4-3-11(16)7-13(12)17/h3-4,7,9-10H,5-6,8H2,1-2H3,(H,18,21)(H,19,20). The molecule has 4 nitrogen and oxygen atoms in total. The fraction of sp³-hybridized carbons (Fsp3) is 0.467. The van der Waals surface area contributed by atoms with Gasteiger partial charge in [0.15, 0.2) is 0 Å². The number of carbonyl (C=O) groups excluding carboxylic acids is 1. The van der Waals surface area contributed by atoms with Crippen molar-refractivity contribution in [3.05, 3.63) is 33.3 Å². The van der Waals surface area contributed by atoms with E-state index in [1.165, 1.54) is 0 Å². The van der Waals surface area contributed by atoms with Crippen LogP contribution in [0.1, 0.15) is 37.0 Å². The molecular formula is C15H19BrClNO3. The highest BCUT2D eigenvalue weighted by Crippen LogP contribution is 2.21. The van der Waals surface area contributed by atoms with Gasteiger partial charge in [0.1, 0.15) is 0 Å². The fourth-order valence-corrected chi connectivity index (χ4v) is 2.92. The van der Waals surface area contributed by atoms with Crippen LogP contribution in [0.15, 0.2) is 22.7 Å². The molecule has 21 heavy (non-hydrogen) atoms. The van der Waals surface area contributed by atoms with Gasteiger partial charge in [-0.25, -0.2) is 0 Å². The van der Waals surface area contributed by atoms with Crippen molar-refractivity contribution < 1.29 is 14.7 Å². The summed E-state index contributed by atoms with van der Waals surface area (Å²) in [5.74, 6) is -0.841. The lowest BCUT2D eigenvalue weighted by molar-refractivity contribution is -0.138. The lowest BCUT2D eigenvalue weighted by atomic mass is 9.94. The van der Waals surface area contributed by atoms with E-state index in [-0.39, 0.29) is 18.2 Å². The van der Waals surface area contributed by atoms with Crippen LogP contribution in [-0.2, 0) is 4.79 Å². The van der Waals surface area contributed by atoms with Gasteiger partial charge in [0.25, 0.3) is 5.91 Å². The monoisotopic (exact) mass is 375 g/mol. The Bertz CT molecular complexity index is 520. The summed E-state index contributed by atoms with van der Waals surface area (Å²) in [6.07, 6.45) is 0.799. The Morgan fingerprint density at radius 3 is 2.57 bits per heavy atom. The summed E-state index contributed by atoms with van der Waals surface area (Å²) >= 11 is 9.30. The van der Waals surface area contributed by atoms with Gasteiger partial charge in [-0.3, -0.25) is 9.59 Å². The molecule has 0 fully saturated rings. The Labute approximate surface area is 138 Å². The molecule has 1 rings (SSSR count). The number of hydrogen-bond acceptors (Lipinski definition) is 2. The van der Waals surface area contributed by atoms with E-state index < -0.39 is 5.97 Å². The van der Waals surface area contributed by atoms with Crippen molar-refractivity contribution in [2.75, 3.05) is 6.54 Å². The third kappa shape index (κ3) is 6.48. The molecule has 116 valence electrons. The normalized spacial score (nSPS) is 12.2. The number of rotatable bonds is 7. The number of amides is 1. The van der Waals surface area contributed by atoms with Crippen LogP contribution in [0, 0.1) is 11.8 Å². The van der Waals surface area contributed by atoms with Crippen LogP contribution < -0.4 is 5.32 Å². The van der Waals surface area contributed by atoms with Crippen LogP contribution in [0.2, 0.25) is 5.02 Å². The molecule has 0 spiro atoms. The Hall–Kier alpha value is -1.07. The zero-order chi connectivity index (χ0) is 16.0. The summed E-state index contributed by atoms with van der Waals surface area (Å²) in [4.78, 5) is 23.0. The van der Waals surface area contributed by atoms with E-state index in [0.29, 0.717) is 23.0 Å². The highest BCUT2D eigenvalue weighted by Gasteiger charge is 2.17. The third-order valence-corrected chi connectivity index (χ3v) is 3.80. The van der Waals surface area contributed by atoms with Gasteiger partial charge in [-0.05, 0) is 36.5 Å². The topological polar surface area (TPSA) is 66.4 Å². The van der Waals surface area contributed by atoms with E-state index in [9.17, 15) is 9.59 Å². The van der Waals surface area contributed by atoms with Crippen LogP contribution in [-0.4, -0.2) is 23.5 Å². The minimum Gasteiger partial charge on any atom is -0.481 e. The van der Waals surface area contributed by atoms with Gasteiger partial charge in [-0.1, -0.05) is 41.4 Å².